The monoisotopic (exact) mass is 254 g/mol. The number of rotatable bonds is 6. The van der Waals surface area contributed by atoms with Crippen molar-refractivity contribution in [1.29, 1.82) is 0 Å². The summed E-state index contributed by atoms with van der Waals surface area (Å²) in [5.74, 6) is 1.27. The summed E-state index contributed by atoms with van der Waals surface area (Å²) >= 11 is 0. The maximum absolute atomic E-state index is 11.8. The van der Waals surface area contributed by atoms with Crippen LogP contribution in [-0.2, 0) is 4.79 Å². The first-order valence-corrected chi connectivity index (χ1v) is 7.71. The molecule has 0 aromatic heterocycles. The SMILES string of the molecule is CCCCC(CC)(C(=O)O)C1CCC(C)C(C)C1. The van der Waals surface area contributed by atoms with Crippen molar-refractivity contribution in [2.24, 2.45) is 23.2 Å². The molecular weight excluding hydrogens is 224 g/mol. The fourth-order valence-electron chi connectivity index (χ4n) is 3.64. The van der Waals surface area contributed by atoms with Crippen LogP contribution in [0.1, 0.15) is 72.6 Å². The van der Waals surface area contributed by atoms with E-state index in [1.165, 1.54) is 6.42 Å². The second kappa shape index (κ2) is 6.58. The molecule has 0 bridgehead atoms. The van der Waals surface area contributed by atoms with Gasteiger partial charge in [-0.15, -0.1) is 0 Å². The summed E-state index contributed by atoms with van der Waals surface area (Å²) in [6, 6.07) is 0. The Morgan fingerprint density at radius 2 is 1.89 bits per heavy atom. The van der Waals surface area contributed by atoms with E-state index in [2.05, 4.69) is 27.7 Å². The zero-order chi connectivity index (χ0) is 13.8. The third kappa shape index (κ3) is 3.07. The van der Waals surface area contributed by atoms with Gasteiger partial charge < -0.3 is 5.11 Å². The van der Waals surface area contributed by atoms with Crippen LogP contribution < -0.4 is 0 Å². The molecule has 2 nitrogen and oxygen atoms in total. The van der Waals surface area contributed by atoms with Gasteiger partial charge >= 0.3 is 5.97 Å². The summed E-state index contributed by atoms with van der Waals surface area (Å²) in [7, 11) is 0. The van der Waals surface area contributed by atoms with E-state index < -0.39 is 11.4 Å². The molecule has 106 valence electrons. The van der Waals surface area contributed by atoms with Crippen LogP contribution in [0, 0.1) is 23.2 Å². The van der Waals surface area contributed by atoms with Crippen LogP contribution in [0.2, 0.25) is 0 Å². The highest BCUT2D eigenvalue weighted by molar-refractivity contribution is 5.75. The van der Waals surface area contributed by atoms with Crippen molar-refractivity contribution < 1.29 is 9.90 Å². The van der Waals surface area contributed by atoms with Crippen molar-refractivity contribution in [2.75, 3.05) is 0 Å². The van der Waals surface area contributed by atoms with Gasteiger partial charge in [-0.05, 0) is 43.4 Å². The predicted octanol–water partition coefficient (Wildman–Crippen LogP) is 4.73. The van der Waals surface area contributed by atoms with Crippen molar-refractivity contribution in [3.8, 4) is 0 Å². The van der Waals surface area contributed by atoms with Crippen LogP contribution >= 0.6 is 0 Å². The minimum absolute atomic E-state index is 0.387. The molecule has 1 aliphatic rings. The Morgan fingerprint density at radius 3 is 2.33 bits per heavy atom. The fraction of sp³-hybridized carbons (Fsp3) is 0.938. The van der Waals surface area contributed by atoms with Gasteiger partial charge in [0.25, 0.3) is 0 Å². The smallest absolute Gasteiger partial charge is 0.309 e. The van der Waals surface area contributed by atoms with Gasteiger partial charge in [-0.1, -0.05) is 47.0 Å². The number of unbranched alkanes of at least 4 members (excludes halogenated alkanes) is 1. The summed E-state index contributed by atoms with van der Waals surface area (Å²) in [6.45, 7) is 8.81. The van der Waals surface area contributed by atoms with Crippen LogP contribution in [0.5, 0.6) is 0 Å². The third-order valence-electron chi connectivity index (χ3n) is 5.41. The highest BCUT2D eigenvalue weighted by Crippen LogP contribution is 2.47. The molecule has 0 amide bonds. The maximum Gasteiger partial charge on any atom is 0.309 e. The minimum atomic E-state index is -0.551. The van der Waals surface area contributed by atoms with Gasteiger partial charge in [-0.25, -0.2) is 0 Å². The van der Waals surface area contributed by atoms with Gasteiger partial charge in [0.1, 0.15) is 0 Å². The normalized spacial score (nSPS) is 31.9. The van der Waals surface area contributed by atoms with E-state index in [0.29, 0.717) is 11.8 Å². The molecule has 0 aliphatic heterocycles. The van der Waals surface area contributed by atoms with E-state index in [9.17, 15) is 9.90 Å². The molecule has 4 atom stereocenters. The number of carbonyl (C=O) groups is 1. The van der Waals surface area contributed by atoms with Gasteiger partial charge in [0, 0.05) is 0 Å². The third-order valence-corrected chi connectivity index (χ3v) is 5.41. The first kappa shape index (κ1) is 15.5. The van der Waals surface area contributed by atoms with Crippen molar-refractivity contribution in [2.45, 2.75) is 72.6 Å². The molecule has 1 rings (SSSR count). The molecule has 2 heteroatoms. The molecule has 0 heterocycles. The lowest BCUT2D eigenvalue weighted by atomic mass is 9.61. The summed E-state index contributed by atoms with van der Waals surface area (Å²) in [4.78, 5) is 11.8. The Balaban J connectivity index is 2.85. The molecule has 4 unspecified atom stereocenters. The lowest BCUT2D eigenvalue weighted by Gasteiger charge is -2.42. The van der Waals surface area contributed by atoms with Crippen molar-refractivity contribution in [1.82, 2.24) is 0 Å². The van der Waals surface area contributed by atoms with Crippen LogP contribution in [-0.4, -0.2) is 11.1 Å². The summed E-state index contributed by atoms with van der Waals surface area (Å²) < 4.78 is 0. The second-order valence-corrected chi connectivity index (χ2v) is 6.38. The Bertz CT molecular complexity index is 274. The van der Waals surface area contributed by atoms with Gasteiger partial charge in [-0.2, -0.15) is 0 Å². The van der Waals surface area contributed by atoms with Crippen molar-refractivity contribution in [3.05, 3.63) is 0 Å². The largest absolute Gasteiger partial charge is 0.481 e. The fourth-order valence-corrected chi connectivity index (χ4v) is 3.64. The van der Waals surface area contributed by atoms with Gasteiger partial charge in [0.15, 0.2) is 0 Å². The molecule has 1 N–H and O–H groups in total. The quantitative estimate of drug-likeness (QED) is 0.744. The number of hydrogen-bond donors (Lipinski definition) is 1. The van der Waals surface area contributed by atoms with E-state index in [-0.39, 0.29) is 0 Å². The van der Waals surface area contributed by atoms with Crippen LogP contribution in [0.25, 0.3) is 0 Å². The zero-order valence-corrected chi connectivity index (χ0v) is 12.5. The van der Waals surface area contributed by atoms with Crippen molar-refractivity contribution >= 4 is 5.97 Å². The standard InChI is InChI=1S/C16H30O2/c1-5-7-10-16(6-2,15(17)18)14-9-8-12(3)13(4)11-14/h12-14H,5-11H2,1-4H3,(H,17,18). The average molecular weight is 254 g/mol. The zero-order valence-electron chi connectivity index (χ0n) is 12.5. The molecule has 0 radical (unpaired) electrons. The van der Waals surface area contributed by atoms with Gasteiger partial charge in [0.2, 0.25) is 0 Å². The van der Waals surface area contributed by atoms with Crippen LogP contribution in [0.15, 0.2) is 0 Å². The van der Waals surface area contributed by atoms with E-state index in [0.717, 1.165) is 44.4 Å². The van der Waals surface area contributed by atoms with Gasteiger partial charge in [0.05, 0.1) is 5.41 Å². The Kier molecular flexibility index (Phi) is 5.68. The maximum atomic E-state index is 11.8. The molecule has 18 heavy (non-hydrogen) atoms. The highest BCUT2D eigenvalue weighted by Gasteiger charge is 2.45. The molecular formula is C16H30O2. The highest BCUT2D eigenvalue weighted by atomic mass is 16.4. The number of carboxylic acid groups (broad SMARTS) is 1. The van der Waals surface area contributed by atoms with E-state index in [1.807, 2.05) is 0 Å². The molecule has 0 aromatic carbocycles. The lowest BCUT2D eigenvalue weighted by Crippen LogP contribution is -2.41. The molecule has 0 spiro atoms. The van der Waals surface area contributed by atoms with Gasteiger partial charge in [-0.3, -0.25) is 4.79 Å². The lowest BCUT2D eigenvalue weighted by molar-refractivity contribution is -0.155. The predicted molar refractivity (Wildman–Crippen MR) is 75.6 cm³/mol. The number of carboxylic acids is 1. The Labute approximate surface area is 112 Å². The number of hydrogen-bond acceptors (Lipinski definition) is 1. The topological polar surface area (TPSA) is 37.3 Å². The van der Waals surface area contributed by atoms with Crippen LogP contribution in [0.3, 0.4) is 0 Å². The molecule has 1 fully saturated rings. The second-order valence-electron chi connectivity index (χ2n) is 6.38. The Morgan fingerprint density at radius 1 is 1.22 bits per heavy atom. The molecule has 1 saturated carbocycles. The van der Waals surface area contributed by atoms with E-state index >= 15 is 0 Å². The summed E-state index contributed by atoms with van der Waals surface area (Å²) in [5.41, 5.74) is -0.454. The first-order valence-electron chi connectivity index (χ1n) is 7.71. The molecule has 1 aliphatic carbocycles. The average Bonchev–Trinajstić information content (AvgIpc) is 2.34. The molecule has 0 aromatic rings. The summed E-state index contributed by atoms with van der Waals surface area (Å²) in [6.07, 6.45) is 7.19. The summed E-state index contributed by atoms with van der Waals surface area (Å²) in [5, 5.41) is 9.75. The minimum Gasteiger partial charge on any atom is -0.481 e. The first-order chi connectivity index (χ1) is 8.47. The van der Waals surface area contributed by atoms with E-state index in [4.69, 9.17) is 0 Å². The van der Waals surface area contributed by atoms with E-state index in [1.54, 1.807) is 0 Å². The Hall–Kier alpha value is -0.530. The molecule has 0 saturated heterocycles. The van der Waals surface area contributed by atoms with Crippen LogP contribution in [0.4, 0.5) is 0 Å². The number of aliphatic carboxylic acids is 1. The van der Waals surface area contributed by atoms with Crippen molar-refractivity contribution in [3.63, 3.8) is 0 Å².